The van der Waals surface area contributed by atoms with Gasteiger partial charge in [0, 0.05) is 6.07 Å². The van der Waals surface area contributed by atoms with Gasteiger partial charge in [-0.2, -0.15) is 0 Å². The number of Topliss-reactive ketones (excluding diaryl/α,β-unsaturated/α-hetero) is 1. The molecule has 0 amide bonds. The van der Waals surface area contributed by atoms with Gasteiger partial charge in [0.25, 0.3) is 0 Å². The molecule has 3 aromatic rings. The van der Waals surface area contributed by atoms with E-state index in [9.17, 15) is 9.18 Å². The lowest BCUT2D eigenvalue weighted by Gasteiger charge is -2.07. The van der Waals surface area contributed by atoms with Gasteiger partial charge in [-0.1, -0.05) is 42.0 Å². The van der Waals surface area contributed by atoms with E-state index in [4.69, 9.17) is 9.47 Å². The van der Waals surface area contributed by atoms with Gasteiger partial charge in [-0.05, 0) is 48.4 Å². The predicted molar refractivity (Wildman–Crippen MR) is 101 cm³/mol. The summed E-state index contributed by atoms with van der Waals surface area (Å²) in [5, 5.41) is 0. The molecule has 1 aliphatic rings. The topological polar surface area (TPSA) is 35.5 Å². The maximum absolute atomic E-state index is 13.0. The van der Waals surface area contributed by atoms with Crippen molar-refractivity contribution in [2.45, 2.75) is 13.5 Å². The fraction of sp³-hybridized carbons (Fsp3) is 0.0870. The Morgan fingerprint density at radius 1 is 1.04 bits per heavy atom. The zero-order valence-corrected chi connectivity index (χ0v) is 14.7. The van der Waals surface area contributed by atoms with Crippen molar-refractivity contribution in [1.82, 2.24) is 0 Å². The van der Waals surface area contributed by atoms with Crippen molar-refractivity contribution in [3.63, 3.8) is 0 Å². The van der Waals surface area contributed by atoms with Crippen molar-refractivity contribution >= 4 is 11.9 Å². The van der Waals surface area contributed by atoms with Crippen LogP contribution in [-0.4, -0.2) is 5.78 Å². The van der Waals surface area contributed by atoms with Crippen molar-refractivity contribution in [1.29, 1.82) is 0 Å². The molecule has 0 spiro atoms. The highest BCUT2D eigenvalue weighted by molar-refractivity contribution is 6.14. The highest BCUT2D eigenvalue weighted by Gasteiger charge is 2.27. The Bertz CT molecular complexity index is 1040. The number of allylic oxidation sites excluding steroid dienone is 1. The molecule has 1 heterocycles. The Labute approximate surface area is 156 Å². The number of ketones is 1. The first kappa shape index (κ1) is 17.0. The molecule has 3 aromatic carbocycles. The average Bonchev–Trinajstić information content (AvgIpc) is 2.96. The highest BCUT2D eigenvalue weighted by atomic mass is 19.1. The van der Waals surface area contributed by atoms with E-state index in [1.165, 1.54) is 12.1 Å². The van der Waals surface area contributed by atoms with Crippen LogP contribution in [0.1, 0.15) is 27.0 Å². The molecule has 4 heteroatoms. The van der Waals surface area contributed by atoms with Crippen LogP contribution >= 0.6 is 0 Å². The van der Waals surface area contributed by atoms with Gasteiger partial charge in [0.15, 0.2) is 5.76 Å². The van der Waals surface area contributed by atoms with Gasteiger partial charge in [0.2, 0.25) is 5.78 Å². The second-order valence-electron chi connectivity index (χ2n) is 6.43. The van der Waals surface area contributed by atoms with E-state index in [2.05, 4.69) is 0 Å². The fourth-order valence-corrected chi connectivity index (χ4v) is 2.92. The molecule has 0 saturated heterocycles. The minimum absolute atomic E-state index is 0.142. The lowest BCUT2D eigenvalue weighted by atomic mass is 10.1. The molecule has 0 aliphatic carbocycles. The zero-order chi connectivity index (χ0) is 18.8. The number of carbonyl (C=O) groups is 1. The fourth-order valence-electron chi connectivity index (χ4n) is 2.92. The van der Waals surface area contributed by atoms with Crippen LogP contribution in [0, 0.1) is 12.7 Å². The standard InChI is InChI=1S/C23H17FO3/c1-15-3-2-4-17(11-15)12-22-23(25)20-10-9-19(13-21(20)27-22)26-14-16-5-7-18(24)8-6-16/h2-13H,14H2,1H3. The van der Waals surface area contributed by atoms with E-state index < -0.39 is 0 Å². The molecule has 0 unspecified atom stereocenters. The summed E-state index contributed by atoms with van der Waals surface area (Å²) in [4.78, 5) is 12.5. The minimum Gasteiger partial charge on any atom is -0.489 e. The third kappa shape index (κ3) is 3.75. The second-order valence-corrected chi connectivity index (χ2v) is 6.43. The first-order valence-corrected chi connectivity index (χ1v) is 8.61. The lowest BCUT2D eigenvalue weighted by molar-refractivity contribution is 0.101. The SMILES string of the molecule is Cc1cccc(C=C2Oc3cc(OCc4ccc(F)cc4)ccc3C2=O)c1. The maximum atomic E-state index is 13.0. The molecule has 0 N–H and O–H groups in total. The number of carbonyl (C=O) groups excluding carboxylic acids is 1. The Morgan fingerprint density at radius 2 is 1.85 bits per heavy atom. The summed E-state index contributed by atoms with van der Waals surface area (Å²) in [5.41, 5.74) is 3.40. The molecular formula is C23H17FO3. The van der Waals surface area contributed by atoms with E-state index in [0.29, 0.717) is 29.4 Å². The van der Waals surface area contributed by atoms with Crippen molar-refractivity contribution in [2.75, 3.05) is 0 Å². The number of halogens is 1. The molecule has 1 aliphatic heterocycles. The van der Waals surface area contributed by atoms with Crippen molar-refractivity contribution in [3.8, 4) is 11.5 Å². The number of rotatable bonds is 4. The summed E-state index contributed by atoms with van der Waals surface area (Å²) in [7, 11) is 0. The summed E-state index contributed by atoms with van der Waals surface area (Å²) >= 11 is 0. The molecule has 0 aromatic heterocycles. The van der Waals surface area contributed by atoms with Gasteiger partial charge >= 0.3 is 0 Å². The number of ether oxygens (including phenoxy) is 2. The monoisotopic (exact) mass is 360 g/mol. The number of hydrogen-bond donors (Lipinski definition) is 0. The highest BCUT2D eigenvalue weighted by Crippen LogP contribution is 2.35. The van der Waals surface area contributed by atoms with Crippen molar-refractivity contribution in [2.24, 2.45) is 0 Å². The quantitative estimate of drug-likeness (QED) is 0.590. The predicted octanol–water partition coefficient (Wildman–Crippen LogP) is 5.33. The van der Waals surface area contributed by atoms with Crippen molar-refractivity contribution < 1.29 is 18.7 Å². The molecule has 0 atom stereocenters. The van der Waals surface area contributed by atoms with Crippen LogP contribution < -0.4 is 9.47 Å². The molecule has 134 valence electrons. The lowest BCUT2D eigenvalue weighted by Crippen LogP contribution is -1.98. The largest absolute Gasteiger partial charge is 0.489 e. The smallest absolute Gasteiger partial charge is 0.231 e. The summed E-state index contributed by atoms with van der Waals surface area (Å²) in [6.07, 6.45) is 1.74. The second kappa shape index (κ2) is 7.08. The molecular weight excluding hydrogens is 343 g/mol. The van der Waals surface area contributed by atoms with Crippen LogP contribution in [-0.2, 0) is 6.61 Å². The van der Waals surface area contributed by atoms with Crippen LogP contribution in [0.15, 0.2) is 72.5 Å². The Kier molecular flexibility index (Phi) is 4.47. The van der Waals surface area contributed by atoms with E-state index in [0.717, 1.165) is 16.7 Å². The van der Waals surface area contributed by atoms with Crippen LogP contribution in [0.4, 0.5) is 4.39 Å². The molecule has 0 bridgehead atoms. The molecule has 27 heavy (non-hydrogen) atoms. The van der Waals surface area contributed by atoms with Gasteiger partial charge < -0.3 is 9.47 Å². The molecule has 0 radical (unpaired) electrons. The minimum atomic E-state index is -0.281. The van der Waals surface area contributed by atoms with Crippen LogP contribution in [0.3, 0.4) is 0 Å². The van der Waals surface area contributed by atoms with Gasteiger partial charge in [-0.15, -0.1) is 0 Å². The third-order valence-electron chi connectivity index (χ3n) is 4.30. The molecule has 3 nitrogen and oxygen atoms in total. The van der Waals surface area contributed by atoms with Gasteiger partial charge in [-0.3, -0.25) is 4.79 Å². The van der Waals surface area contributed by atoms with Crippen LogP contribution in [0.5, 0.6) is 11.5 Å². The summed E-state index contributed by atoms with van der Waals surface area (Å²) in [6.45, 7) is 2.30. The number of benzene rings is 3. The van der Waals surface area contributed by atoms with E-state index in [1.807, 2.05) is 31.2 Å². The molecule has 0 fully saturated rings. The van der Waals surface area contributed by atoms with Crippen molar-refractivity contribution in [3.05, 3.63) is 101 Å². The maximum Gasteiger partial charge on any atom is 0.231 e. The normalized spacial score (nSPS) is 14.1. The zero-order valence-electron chi connectivity index (χ0n) is 14.7. The molecule has 0 saturated carbocycles. The van der Waals surface area contributed by atoms with Gasteiger partial charge in [0.1, 0.15) is 23.9 Å². The third-order valence-corrected chi connectivity index (χ3v) is 4.30. The summed E-state index contributed by atoms with van der Waals surface area (Å²) in [5.74, 6) is 0.942. The number of fused-ring (bicyclic) bond motifs is 1. The first-order chi connectivity index (χ1) is 13.1. The number of hydrogen-bond acceptors (Lipinski definition) is 3. The Balaban J connectivity index is 1.51. The van der Waals surface area contributed by atoms with Crippen LogP contribution in [0.2, 0.25) is 0 Å². The van der Waals surface area contributed by atoms with E-state index in [-0.39, 0.29) is 11.6 Å². The first-order valence-electron chi connectivity index (χ1n) is 8.61. The summed E-state index contributed by atoms with van der Waals surface area (Å²) in [6, 6.07) is 19.1. The average molecular weight is 360 g/mol. The Hall–Kier alpha value is -3.40. The van der Waals surface area contributed by atoms with E-state index in [1.54, 1.807) is 36.4 Å². The molecule has 4 rings (SSSR count). The van der Waals surface area contributed by atoms with Crippen LogP contribution in [0.25, 0.3) is 6.08 Å². The van der Waals surface area contributed by atoms with Gasteiger partial charge in [0.05, 0.1) is 5.56 Å². The Morgan fingerprint density at radius 3 is 2.63 bits per heavy atom. The van der Waals surface area contributed by atoms with Gasteiger partial charge in [-0.25, -0.2) is 4.39 Å². The van der Waals surface area contributed by atoms with E-state index >= 15 is 0 Å². The number of aryl methyl sites for hydroxylation is 1. The summed E-state index contributed by atoms with van der Waals surface area (Å²) < 4.78 is 24.4.